The molecule has 0 radical (unpaired) electrons. The van der Waals surface area contributed by atoms with Crippen molar-refractivity contribution in [2.24, 2.45) is 7.05 Å². The highest BCUT2D eigenvalue weighted by atomic mass is 19.4. The zero-order valence-corrected chi connectivity index (χ0v) is 11.7. The number of aryl methyl sites for hydroxylation is 1. The van der Waals surface area contributed by atoms with E-state index in [2.05, 4.69) is 15.0 Å². The maximum Gasteiger partial charge on any atom is 0.573 e. The van der Waals surface area contributed by atoms with E-state index >= 15 is 0 Å². The smallest absolute Gasteiger partial charge is 0.405 e. The molecule has 2 aromatic rings. The number of benzene rings is 1. The largest absolute Gasteiger partial charge is 0.573 e. The Bertz CT molecular complexity index is 595. The highest BCUT2D eigenvalue weighted by molar-refractivity contribution is 5.40. The fourth-order valence-electron chi connectivity index (χ4n) is 2.16. The van der Waals surface area contributed by atoms with Gasteiger partial charge >= 0.3 is 6.36 Å². The highest BCUT2D eigenvalue weighted by Crippen LogP contribution is 2.33. The van der Waals surface area contributed by atoms with Crippen LogP contribution in [-0.2, 0) is 7.05 Å². The number of nitrogens with one attached hydrogen (secondary N) is 1. The average molecular weight is 299 g/mol. The number of halogens is 3. The summed E-state index contributed by atoms with van der Waals surface area (Å²) in [5.41, 5.74) is 1.18. The minimum absolute atomic E-state index is 0.211. The molecule has 0 aliphatic carbocycles. The highest BCUT2D eigenvalue weighted by Gasteiger charge is 2.33. The van der Waals surface area contributed by atoms with E-state index in [1.807, 2.05) is 6.92 Å². The summed E-state index contributed by atoms with van der Waals surface area (Å²) >= 11 is 0. The topological polar surface area (TPSA) is 39.1 Å². The number of aromatic nitrogens is 2. The van der Waals surface area contributed by atoms with E-state index in [-0.39, 0.29) is 5.75 Å². The Hall–Kier alpha value is -2.02. The first-order valence-electron chi connectivity index (χ1n) is 6.46. The first-order valence-corrected chi connectivity index (χ1v) is 6.46. The van der Waals surface area contributed by atoms with Gasteiger partial charge < -0.3 is 14.6 Å². The van der Waals surface area contributed by atoms with Crippen molar-refractivity contribution in [3.05, 3.63) is 48.0 Å². The van der Waals surface area contributed by atoms with Crippen LogP contribution in [0.3, 0.4) is 0 Å². The fourth-order valence-corrected chi connectivity index (χ4v) is 2.16. The van der Waals surface area contributed by atoms with Gasteiger partial charge in [-0.3, -0.25) is 0 Å². The summed E-state index contributed by atoms with van der Waals surface area (Å²) in [4.78, 5) is 4.01. The minimum Gasteiger partial charge on any atom is -0.405 e. The standard InChI is InChI=1S/C14H16F3N3O/c1-3-19-13(11-8-18-9-20(11)2)10-6-4-5-7-12(10)21-14(15,16)17/h4-9,13,19H,3H2,1-2H3. The van der Waals surface area contributed by atoms with E-state index in [1.54, 1.807) is 36.3 Å². The first kappa shape index (κ1) is 15.4. The number of ether oxygens (including phenoxy) is 1. The van der Waals surface area contributed by atoms with Crippen LogP contribution in [0.2, 0.25) is 0 Å². The molecule has 0 aliphatic rings. The number of rotatable bonds is 5. The minimum atomic E-state index is -4.72. The molecule has 21 heavy (non-hydrogen) atoms. The van der Waals surface area contributed by atoms with Gasteiger partial charge in [0.05, 0.1) is 24.3 Å². The second kappa shape index (κ2) is 6.17. The van der Waals surface area contributed by atoms with Gasteiger partial charge in [0, 0.05) is 12.6 Å². The molecule has 7 heteroatoms. The van der Waals surface area contributed by atoms with Gasteiger partial charge in [-0.15, -0.1) is 13.2 Å². The van der Waals surface area contributed by atoms with Gasteiger partial charge in [-0.05, 0) is 12.6 Å². The number of hydrogen-bond acceptors (Lipinski definition) is 3. The molecule has 0 amide bonds. The number of para-hydroxylation sites is 1. The van der Waals surface area contributed by atoms with Gasteiger partial charge in [-0.25, -0.2) is 4.98 Å². The van der Waals surface area contributed by atoms with Crippen molar-refractivity contribution in [2.45, 2.75) is 19.3 Å². The van der Waals surface area contributed by atoms with Crippen molar-refractivity contribution in [2.75, 3.05) is 6.54 Å². The molecule has 1 N–H and O–H groups in total. The Morgan fingerprint density at radius 1 is 1.33 bits per heavy atom. The predicted octanol–water partition coefficient (Wildman–Crippen LogP) is 3.02. The van der Waals surface area contributed by atoms with Crippen LogP contribution in [-0.4, -0.2) is 22.5 Å². The lowest BCUT2D eigenvalue weighted by atomic mass is 10.0. The molecule has 0 fully saturated rings. The zero-order chi connectivity index (χ0) is 15.5. The Labute approximate surface area is 120 Å². The fraction of sp³-hybridized carbons (Fsp3) is 0.357. The van der Waals surface area contributed by atoms with E-state index in [0.717, 1.165) is 5.69 Å². The van der Waals surface area contributed by atoms with Crippen molar-refractivity contribution < 1.29 is 17.9 Å². The Morgan fingerprint density at radius 2 is 2.05 bits per heavy atom. The van der Waals surface area contributed by atoms with Gasteiger partial charge in [-0.2, -0.15) is 0 Å². The summed E-state index contributed by atoms with van der Waals surface area (Å²) in [5.74, 6) is -0.211. The first-order chi connectivity index (χ1) is 9.92. The maximum absolute atomic E-state index is 12.5. The summed E-state index contributed by atoms with van der Waals surface area (Å²) in [6, 6.07) is 5.68. The number of hydrogen-bond donors (Lipinski definition) is 1. The van der Waals surface area contributed by atoms with Crippen molar-refractivity contribution in [1.82, 2.24) is 14.9 Å². The molecule has 0 saturated heterocycles. The third kappa shape index (κ3) is 3.75. The molecule has 0 bridgehead atoms. The van der Waals surface area contributed by atoms with Crippen molar-refractivity contribution in [3.8, 4) is 5.75 Å². The van der Waals surface area contributed by atoms with Gasteiger partial charge in [0.2, 0.25) is 0 Å². The summed E-state index contributed by atoms with van der Waals surface area (Å²) in [5, 5.41) is 3.16. The molecule has 0 spiro atoms. The van der Waals surface area contributed by atoms with Gasteiger partial charge in [-0.1, -0.05) is 25.1 Å². The second-order valence-electron chi connectivity index (χ2n) is 4.51. The van der Waals surface area contributed by atoms with E-state index in [1.165, 1.54) is 12.1 Å². The Balaban J connectivity index is 2.44. The predicted molar refractivity (Wildman–Crippen MR) is 71.9 cm³/mol. The zero-order valence-electron chi connectivity index (χ0n) is 11.7. The monoisotopic (exact) mass is 299 g/mol. The molecule has 2 rings (SSSR count). The van der Waals surface area contributed by atoms with E-state index in [9.17, 15) is 13.2 Å². The summed E-state index contributed by atoms with van der Waals surface area (Å²) in [7, 11) is 1.79. The molecule has 0 aliphatic heterocycles. The number of alkyl halides is 3. The van der Waals surface area contributed by atoms with Gasteiger partial charge in [0.15, 0.2) is 0 Å². The second-order valence-corrected chi connectivity index (χ2v) is 4.51. The van der Waals surface area contributed by atoms with Crippen LogP contribution in [0.15, 0.2) is 36.8 Å². The molecular weight excluding hydrogens is 283 g/mol. The van der Waals surface area contributed by atoms with E-state index < -0.39 is 12.4 Å². The van der Waals surface area contributed by atoms with Crippen LogP contribution in [0.1, 0.15) is 24.2 Å². The van der Waals surface area contributed by atoms with E-state index in [0.29, 0.717) is 12.1 Å². The van der Waals surface area contributed by atoms with Gasteiger partial charge in [0.1, 0.15) is 5.75 Å². The van der Waals surface area contributed by atoms with Gasteiger partial charge in [0.25, 0.3) is 0 Å². The molecule has 1 heterocycles. The molecule has 4 nitrogen and oxygen atoms in total. The van der Waals surface area contributed by atoms with Crippen molar-refractivity contribution >= 4 is 0 Å². The van der Waals surface area contributed by atoms with Crippen LogP contribution in [0, 0.1) is 0 Å². The van der Waals surface area contributed by atoms with Crippen LogP contribution in [0.4, 0.5) is 13.2 Å². The van der Waals surface area contributed by atoms with Crippen molar-refractivity contribution in [1.29, 1.82) is 0 Å². The van der Waals surface area contributed by atoms with E-state index in [4.69, 9.17) is 0 Å². The molecular formula is C14H16F3N3O. The van der Waals surface area contributed by atoms with Crippen LogP contribution >= 0.6 is 0 Å². The lowest BCUT2D eigenvalue weighted by Gasteiger charge is -2.22. The Morgan fingerprint density at radius 3 is 2.62 bits per heavy atom. The third-order valence-electron chi connectivity index (χ3n) is 3.01. The quantitative estimate of drug-likeness (QED) is 0.922. The van der Waals surface area contributed by atoms with Crippen LogP contribution < -0.4 is 10.1 Å². The Kier molecular flexibility index (Phi) is 4.52. The molecule has 1 aromatic carbocycles. The molecule has 1 aromatic heterocycles. The van der Waals surface area contributed by atoms with Crippen LogP contribution in [0.5, 0.6) is 5.75 Å². The third-order valence-corrected chi connectivity index (χ3v) is 3.01. The number of imidazole rings is 1. The molecule has 114 valence electrons. The number of nitrogens with zero attached hydrogens (tertiary/aromatic N) is 2. The summed E-state index contributed by atoms with van der Waals surface area (Å²) < 4.78 is 43.5. The summed E-state index contributed by atoms with van der Waals surface area (Å²) in [6.45, 7) is 2.48. The maximum atomic E-state index is 12.5. The molecule has 1 atom stereocenters. The average Bonchev–Trinajstić information content (AvgIpc) is 2.81. The molecule has 1 unspecified atom stereocenters. The lowest BCUT2D eigenvalue weighted by molar-refractivity contribution is -0.275. The lowest BCUT2D eigenvalue weighted by Crippen LogP contribution is -2.26. The summed E-state index contributed by atoms with van der Waals surface area (Å²) in [6.07, 6.45) is -1.50. The molecule has 0 saturated carbocycles. The van der Waals surface area contributed by atoms with Crippen molar-refractivity contribution in [3.63, 3.8) is 0 Å². The van der Waals surface area contributed by atoms with Crippen LogP contribution in [0.25, 0.3) is 0 Å². The SMILES string of the molecule is CCNC(c1ccccc1OC(F)(F)F)c1cncn1C. The normalized spacial score (nSPS) is 13.2.